The predicted octanol–water partition coefficient (Wildman–Crippen LogP) is 0.523. The molecule has 0 aromatic heterocycles. The third-order valence-corrected chi connectivity index (χ3v) is 1.56. The van der Waals surface area contributed by atoms with Crippen molar-refractivity contribution in [3.05, 3.63) is 35.4 Å². The standard InChI is InChI=1S/C9H8O4.K.H/c1-13-9(12)7-5-3-2-4-6(7)8(10)11;;/h2-5H,1H3,(H,10,11);;. The maximum atomic E-state index is 11.1. The molecule has 1 aromatic carbocycles. The first-order chi connectivity index (χ1) is 6.16. The molecule has 0 heterocycles. The van der Waals surface area contributed by atoms with Crippen LogP contribution in [-0.2, 0) is 4.74 Å². The van der Waals surface area contributed by atoms with Gasteiger partial charge in [0, 0.05) is 0 Å². The second-order valence-electron chi connectivity index (χ2n) is 2.34. The number of ether oxygens (including phenoxy) is 1. The van der Waals surface area contributed by atoms with Crippen LogP contribution in [0.4, 0.5) is 0 Å². The summed E-state index contributed by atoms with van der Waals surface area (Å²) in [6, 6.07) is 5.90. The molecule has 0 saturated carbocycles. The van der Waals surface area contributed by atoms with E-state index >= 15 is 0 Å². The van der Waals surface area contributed by atoms with Gasteiger partial charge in [-0.05, 0) is 12.1 Å². The summed E-state index contributed by atoms with van der Waals surface area (Å²) in [4.78, 5) is 21.7. The fourth-order valence-corrected chi connectivity index (χ4v) is 0.958. The van der Waals surface area contributed by atoms with Gasteiger partial charge in [-0.3, -0.25) is 0 Å². The molecule has 0 amide bonds. The van der Waals surface area contributed by atoms with E-state index in [4.69, 9.17) is 5.11 Å². The molecule has 0 aliphatic rings. The molecule has 0 radical (unpaired) electrons. The summed E-state index contributed by atoms with van der Waals surface area (Å²) in [5.74, 6) is -1.78. The number of carbonyl (C=O) groups is 2. The van der Waals surface area contributed by atoms with E-state index in [1.54, 1.807) is 12.1 Å². The van der Waals surface area contributed by atoms with E-state index in [0.717, 1.165) is 0 Å². The van der Waals surface area contributed by atoms with Gasteiger partial charge in [-0.1, -0.05) is 12.1 Å². The number of carboxylic acid groups (broad SMARTS) is 1. The number of rotatable bonds is 2. The van der Waals surface area contributed by atoms with Crippen LogP contribution in [0.1, 0.15) is 20.7 Å². The maximum absolute atomic E-state index is 11.1. The van der Waals surface area contributed by atoms with E-state index in [9.17, 15) is 9.59 Å². The van der Waals surface area contributed by atoms with Gasteiger partial charge < -0.3 is 9.84 Å². The molecule has 0 aliphatic carbocycles. The Kier molecular flexibility index (Phi) is 6.22. The molecule has 70 valence electrons. The Balaban J connectivity index is 0.00000169. The molecule has 5 heteroatoms. The van der Waals surface area contributed by atoms with E-state index in [0.29, 0.717) is 0 Å². The average Bonchev–Trinajstić information content (AvgIpc) is 2.16. The van der Waals surface area contributed by atoms with Gasteiger partial charge in [0.15, 0.2) is 0 Å². The van der Waals surface area contributed by atoms with Crippen LogP contribution in [0.3, 0.4) is 0 Å². The number of carbonyl (C=O) groups excluding carboxylic acids is 1. The molecule has 1 N–H and O–H groups in total. The zero-order valence-electron chi connectivity index (χ0n) is 6.98. The summed E-state index contributed by atoms with van der Waals surface area (Å²) in [6.45, 7) is 0. The van der Waals surface area contributed by atoms with Crippen LogP contribution in [0.15, 0.2) is 24.3 Å². The summed E-state index contributed by atoms with van der Waals surface area (Å²) in [7, 11) is 1.21. The Labute approximate surface area is 124 Å². The van der Waals surface area contributed by atoms with Crippen molar-refractivity contribution in [1.82, 2.24) is 0 Å². The van der Waals surface area contributed by atoms with Crippen LogP contribution in [-0.4, -0.2) is 75.5 Å². The first kappa shape index (κ1) is 13.8. The van der Waals surface area contributed by atoms with Crippen LogP contribution in [0.25, 0.3) is 0 Å². The van der Waals surface area contributed by atoms with E-state index in [-0.39, 0.29) is 62.5 Å². The van der Waals surface area contributed by atoms with Crippen LogP contribution < -0.4 is 0 Å². The van der Waals surface area contributed by atoms with E-state index in [2.05, 4.69) is 4.74 Å². The van der Waals surface area contributed by atoms with Crippen molar-refractivity contribution in [3.63, 3.8) is 0 Å². The normalized spacial score (nSPS) is 8.64. The predicted molar refractivity (Wildman–Crippen MR) is 51.9 cm³/mol. The van der Waals surface area contributed by atoms with Gasteiger partial charge in [-0.15, -0.1) is 0 Å². The molecule has 4 nitrogen and oxygen atoms in total. The summed E-state index contributed by atoms with van der Waals surface area (Å²) in [5, 5.41) is 8.70. The fraction of sp³-hybridized carbons (Fsp3) is 0.111. The van der Waals surface area contributed by atoms with Gasteiger partial charge in [0.25, 0.3) is 0 Å². The molecule has 0 saturated heterocycles. The minimum absolute atomic E-state index is 0. The minimum atomic E-state index is -1.14. The van der Waals surface area contributed by atoms with E-state index in [1.807, 2.05) is 0 Å². The molecule has 0 aliphatic heterocycles. The molecule has 1 rings (SSSR count). The molecular formula is C9H9KO4. The Morgan fingerprint density at radius 2 is 1.71 bits per heavy atom. The molecule has 0 spiro atoms. The Morgan fingerprint density at radius 1 is 1.21 bits per heavy atom. The SMILES string of the molecule is COC(=O)c1ccccc1C(=O)O.[KH]. The topological polar surface area (TPSA) is 63.6 Å². The summed E-state index contributed by atoms with van der Waals surface area (Å²) >= 11 is 0. The van der Waals surface area contributed by atoms with Gasteiger partial charge in [-0.25, -0.2) is 9.59 Å². The van der Waals surface area contributed by atoms with Gasteiger partial charge in [0.2, 0.25) is 0 Å². The van der Waals surface area contributed by atoms with Gasteiger partial charge in [-0.2, -0.15) is 0 Å². The summed E-state index contributed by atoms with van der Waals surface area (Å²) in [5.41, 5.74) is 0.0202. The molecule has 1 aromatic rings. The zero-order chi connectivity index (χ0) is 9.84. The molecule has 14 heavy (non-hydrogen) atoms. The number of benzene rings is 1. The van der Waals surface area contributed by atoms with Gasteiger partial charge in [0.1, 0.15) is 0 Å². The van der Waals surface area contributed by atoms with Crippen molar-refractivity contribution in [2.24, 2.45) is 0 Å². The number of methoxy groups -OCH3 is 1. The van der Waals surface area contributed by atoms with Gasteiger partial charge in [0.05, 0.1) is 18.2 Å². The summed E-state index contributed by atoms with van der Waals surface area (Å²) < 4.78 is 4.42. The fourth-order valence-electron chi connectivity index (χ4n) is 0.958. The number of hydrogen-bond donors (Lipinski definition) is 1. The first-order valence-electron chi connectivity index (χ1n) is 3.57. The van der Waals surface area contributed by atoms with Crippen molar-refractivity contribution >= 4 is 63.3 Å². The van der Waals surface area contributed by atoms with E-state index < -0.39 is 11.9 Å². The van der Waals surface area contributed by atoms with Crippen molar-refractivity contribution < 1.29 is 19.4 Å². The second-order valence-corrected chi connectivity index (χ2v) is 2.34. The number of carboxylic acids is 1. The quantitative estimate of drug-likeness (QED) is 0.583. The van der Waals surface area contributed by atoms with Crippen molar-refractivity contribution in [1.29, 1.82) is 0 Å². The van der Waals surface area contributed by atoms with Crippen LogP contribution in [0.2, 0.25) is 0 Å². The molecule has 0 bridgehead atoms. The van der Waals surface area contributed by atoms with Crippen molar-refractivity contribution in [3.8, 4) is 0 Å². The Hall–Kier alpha value is -0.204. The van der Waals surface area contributed by atoms with Crippen LogP contribution >= 0.6 is 0 Å². The van der Waals surface area contributed by atoms with Crippen LogP contribution in [0.5, 0.6) is 0 Å². The van der Waals surface area contributed by atoms with E-state index in [1.165, 1.54) is 19.2 Å². The number of esters is 1. The molecule has 0 unspecified atom stereocenters. The average molecular weight is 220 g/mol. The van der Waals surface area contributed by atoms with Crippen molar-refractivity contribution in [2.45, 2.75) is 0 Å². The third kappa shape index (κ3) is 3.18. The number of hydrogen-bond acceptors (Lipinski definition) is 3. The molecular weight excluding hydrogens is 211 g/mol. The zero-order valence-corrected chi connectivity index (χ0v) is 6.98. The summed E-state index contributed by atoms with van der Waals surface area (Å²) in [6.07, 6.45) is 0. The third-order valence-electron chi connectivity index (χ3n) is 1.56. The first-order valence-corrected chi connectivity index (χ1v) is 3.57. The second kappa shape index (κ2) is 6.31. The number of aromatic carboxylic acids is 1. The monoisotopic (exact) mass is 220 g/mol. The van der Waals surface area contributed by atoms with Crippen LogP contribution in [0, 0.1) is 0 Å². The molecule has 0 atom stereocenters. The Bertz CT molecular complexity index is 348. The Morgan fingerprint density at radius 3 is 2.14 bits per heavy atom. The van der Waals surface area contributed by atoms with Crippen molar-refractivity contribution in [2.75, 3.05) is 7.11 Å². The molecule has 0 fully saturated rings. The van der Waals surface area contributed by atoms with Gasteiger partial charge >= 0.3 is 63.3 Å².